The molecule has 0 spiro atoms. The van der Waals surface area contributed by atoms with Gasteiger partial charge in [0.05, 0.1) is 0 Å². The molecule has 4 atom stereocenters. The topological polar surface area (TPSA) is 15.3 Å². The summed E-state index contributed by atoms with van der Waals surface area (Å²) in [5.74, 6) is 1.28. The van der Waals surface area contributed by atoms with Crippen LogP contribution in [0.5, 0.6) is 0 Å². The zero-order valence-electron chi connectivity index (χ0n) is 12.3. The Bertz CT molecular complexity index is 247. The van der Waals surface area contributed by atoms with Crippen LogP contribution in [0.15, 0.2) is 0 Å². The Hall–Kier alpha value is 0.270. The number of rotatable bonds is 5. The first-order valence-corrected chi connectivity index (χ1v) is 8.95. The van der Waals surface area contributed by atoms with E-state index in [1.54, 1.807) is 0 Å². The third kappa shape index (κ3) is 3.23. The number of thioether (sulfide) groups is 1. The van der Waals surface area contributed by atoms with Crippen LogP contribution in [0.1, 0.15) is 52.9 Å². The van der Waals surface area contributed by atoms with E-state index in [0.29, 0.717) is 0 Å². The second kappa shape index (κ2) is 7.16. The van der Waals surface area contributed by atoms with Gasteiger partial charge in [-0.3, -0.25) is 4.90 Å². The summed E-state index contributed by atoms with van der Waals surface area (Å²) in [5.41, 5.74) is 0. The van der Waals surface area contributed by atoms with Gasteiger partial charge >= 0.3 is 0 Å². The molecule has 1 aliphatic carbocycles. The van der Waals surface area contributed by atoms with E-state index in [4.69, 9.17) is 0 Å². The van der Waals surface area contributed by atoms with Crippen molar-refractivity contribution in [1.29, 1.82) is 0 Å². The lowest BCUT2D eigenvalue weighted by Gasteiger charge is -2.45. The molecule has 4 unspecified atom stereocenters. The van der Waals surface area contributed by atoms with Crippen LogP contribution in [0, 0.1) is 0 Å². The van der Waals surface area contributed by atoms with Crippen molar-refractivity contribution >= 4 is 11.8 Å². The lowest BCUT2D eigenvalue weighted by Crippen LogP contribution is -2.60. The van der Waals surface area contributed by atoms with E-state index in [0.717, 1.165) is 23.4 Å². The molecule has 2 nitrogen and oxygen atoms in total. The van der Waals surface area contributed by atoms with Crippen molar-refractivity contribution in [2.24, 2.45) is 0 Å². The quantitative estimate of drug-likeness (QED) is 0.826. The molecule has 2 rings (SSSR count). The number of nitrogens with zero attached hydrogens (tertiary/aromatic N) is 1. The molecular weight excluding hydrogens is 240 g/mol. The van der Waals surface area contributed by atoms with Gasteiger partial charge < -0.3 is 5.32 Å². The summed E-state index contributed by atoms with van der Waals surface area (Å²) in [5, 5.41) is 4.62. The molecule has 1 N–H and O–H groups in total. The van der Waals surface area contributed by atoms with Gasteiger partial charge in [0.2, 0.25) is 0 Å². The molecule has 0 aromatic carbocycles. The Morgan fingerprint density at radius 1 is 1.17 bits per heavy atom. The third-order valence-corrected chi connectivity index (χ3v) is 6.04. The number of nitrogens with one attached hydrogen (secondary N) is 1. The van der Waals surface area contributed by atoms with Crippen molar-refractivity contribution in [3.63, 3.8) is 0 Å². The first-order valence-electron chi connectivity index (χ1n) is 7.90. The molecule has 18 heavy (non-hydrogen) atoms. The van der Waals surface area contributed by atoms with Crippen molar-refractivity contribution in [1.82, 2.24) is 10.2 Å². The van der Waals surface area contributed by atoms with Gasteiger partial charge in [-0.15, -0.1) is 0 Å². The van der Waals surface area contributed by atoms with Gasteiger partial charge in [-0.05, 0) is 31.4 Å². The smallest absolute Gasteiger partial charge is 0.0222 e. The Morgan fingerprint density at radius 2 is 2.00 bits per heavy atom. The Morgan fingerprint density at radius 3 is 2.67 bits per heavy atom. The van der Waals surface area contributed by atoms with Crippen LogP contribution in [0.4, 0.5) is 0 Å². The third-order valence-electron chi connectivity index (χ3n) is 4.73. The summed E-state index contributed by atoms with van der Waals surface area (Å²) < 4.78 is 0. The average molecular weight is 270 g/mol. The van der Waals surface area contributed by atoms with Crippen molar-refractivity contribution in [3.05, 3.63) is 0 Å². The van der Waals surface area contributed by atoms with E-state index in [2.05, 4.69) is 42.7 Å². The highest BCUT2D eigenvalue weighted by Crippen LogP contribution is 2.35. The van der Waals surface area contributed by atoms with Crippen molar-refractivity contribution in [2.45, 2.75) is 76.3 Å². The molecule has 0 radical (unpaired) electrons. The van der Waals surface area contributed by atoms with Gasteiger partial charge in [0.15, 0.2) is 0 Å². The average Bonchev–Trinajstić information content (AvgIpc) is 2.86. The maximum Gasteiger partial charge on any atom is 0.0222 e. The van der Waals surface area contributed by atoms with Crippen LogP contribution in [-0.4, -0.2) is 47.1 Å². The van der Waals surface area contributed by atoms with Gasteiger partial charge in [0.25, 0.3) is 0 Å². The van der Waals surface area contributed by atoms with Crippen LogP contribution in [0.25, 0.3) is 0 Å². The van der Waals surface area contributed by atoms with E-state index >= 15 is 0 Å². The molecule has 1 heterocycles. The largest absolute Gasteiger partial charge is 0.311 e. The molecule has 0 aromatic heterocycles. The lowest BCUT2D eigenvalue weighted by molar-refractivity contribution is 0.0822. The predicted octanol–water partition coefficient (Wildman–Crippen LogP) is 3.12. The van der Waals surface area contributed by atoms with Crippen molar-refractivity contribution < 1.29 is 0 Å². The van der Waals surface area contributed by atoms with Gasteiger partial charge in [0, 0.05) is 36.5 Å². The SMILES string of the molecule is CCSC1CCCC1N1CC(CC)NCC1CC. The number of hydrogen-bond acceptors (Lipinski definition) is 3. The van der Waals surface area contributed by atoms with Gasteiger partial charge in [-0.1, -0.05) is 27.2 Å². The summed E-state index contributed by atoms with van der Waals surface area (Å²) in [6.45, 7) is 9.46. The molecular formula is C15H30N2S. The van der Waals surface area contributed by atoms with Crippen LogP contribution in [-0.2, 0) is 0 Å². The van der Waals surface area contributed by atoms with E-state index in [1.807, 2.05) is 0 Å². The maximum atomic E-state index is 3.72. The molecule has 2 fully saturated rings. The summed E-state index contributed by atoms with van der Waals surface area (Å²) in [6, 6.07) is 2.35. The first kappa shape index (κ1) is 14.7. The summed E-state index contributed by atoms with van der Waals surface area (Å²) in [7, 11) is 0. The van der Waals surface area contributed by atoms with Crippen LogP contribution in [0.3, 0.4) is 0 Å². The van der Waals surface area contributed by atoms with Crippen LogP contribution in [0.2, 0.25) is 0 Å². The molecule has 1 saturated heterocycles. The number of hydrogen-bond donors (Lipinski definition) is 1. The molecule has 0 aromatic rings. The minimum absolute atomic E-state index is 0.723. The predicted molar refractivity (Wildman–Crippen MR) is 82.4 cm³/mol. The van der Waals surface area contributed by atoms with E-state index in [1.165, 1.54) is 50.9 Å². The Kier molecular flexibility index (Phi) is 5.84. The second-order valence-corrected chi connectivity index (χ2v) is 7.28. The molecule has 0 bridgehead atoms. The lowest BCUT2D eigenvalue weighted by atomic mass is 10.0. The summed E-state index contributed by atoms with van der Waals surface area (Å²) in [4.78, 5) is 2.87. The number of piperazine rings is 1. The molecule has 2 aliphatic rings. The van der Waals surface area contributed by atoms with E-state index in [-0.39, 0.29) is 0 Å². The molecule has 3 heteroatoms. The maximum absolute atomic E-state index is 3.72. The highest BCUT2D eigenvalue weighted by atomic mass is 32.2. The summed E-state index contributed by atoms with van der Waals surface area (Å²) in [6.07, 6.45) is 6.89. The van der Waals surface area contributed by atoms with Crippen molar-refractivity contribution in [2.75, 3.05) is 18.8 Å². The Balaban J connectivity index is 2.02. The fourth-order valence-electron chi connectivity index (χ4n) is 3.64. The highest BCUT2D eigenvalue weighted by molar-refractivity contribution is 7.99. The standard InChI is InChI=1S/C15H30N2S/c1-4-12-11-17(13(5-2)10-16-12)14-8-7-9-15(14)18-6-3/h12-16H,4-11H2,1-3H3. The van der Waals surface area contributed by atoms with Crippen LogP contribution >= 0.6 is 11.8 Å². The Labute approximate surface area is 117 Å². The van der Waals surface area contributed by atoms with Gasteiger partial charge in [-0.25, -0.2) is 0 Å². The molecule has 0 amide bonds. The summed E-state index contributed by atoms with van der Waals surface area (Å²) >= 11 is 2.20. The van der Waals surface area contributed by atoms with Crippen LogP contribution < -0.4 is 5.32 Å². The van der Waals surface area contributed by atoms with Gasteiger partial charge in [-0.2, -0.15) is 11.8 Å². The first-order chi connectivity index (χ1) is 8.80. The molecule has 106 valence electrons. The van der Waals surface area contributed by atoms with E-state index in [9.17, 15) is 0 Å². The zero-order valence-corrected chi connectivity index (χ0v) is 13.1. The van der Waals surface area contributed by atoms with Gasteiger partial charge in [0.1, 0.15) is 0 Å². The van der Waals surface area contributed by atoms with Crippen molar-refractivity contribution in [3.8, 4) is 0 Å². The highest BCUT2D eigenvalue weighted by Gasteiger charge is 2.37. The molecule has 1 aliphatic heterocycles. The monoisotopic (exact) mass is 270 g/mol. The molecule has 1 saturated carbocycles. The van der Waals surface area contributed by atoms with E-state index < -0.39 is 0 Å². The second-order valence-electron chi connectivity index (χ2n) is 5.76. The normalized spacial score (nSPS) is 38.2. The minimum atomic E-state index is 0.723. The fourth-order valence-corrected chi connectivity index (χ4v) is 4.92. The fraction of sp³-hybridized carbons (Fsp3) is 1.00. The minimum Gasteiger partial charge on any atom is -0.311 e. The zero-order chi connectivity index (χ0) is 13.0.